The van der Waals surface area contributed by atoms with E-state index < -0.39 is 5.60 Å². The lowest BCUT2D eigenvalue weighted by atomic mass is 9.75. The van der Waals surface area contributed by atoms with E-state index in [1.165, 1.54) is 0 Å². The molecule has 84 valence electrons. The van der Waals surface area contributed by atoms with Crippen molar-refractivity contribution in [3.63, 3.8) is 0 Å². The Morgan fingerprint density at radius 2 is 2.13 bits per heavy atom. The van der Waals surface area contributed by atoms with Gasteiger partial charge >= 0.3 is 6.09 Å². The van der Waals surface area contributed by atoms with Crippen LogP contribution in [0.5, 0.6) is 0 Å². The maximum atomic E-state index is 11.7. The highest BCUT2D eigenvalue weighted by atomic mass is 16.6. The quantitative estimate of drug-likeness (QED) is 0.616. The monoisotopic (exact) mass is 211 g/mol. The van der Waals surface area contributed by atoms with Gasteiger partial charge in [0.2, 0.25) is 0 Å². The zero-order chi connectivity index (χ0) is 11.2. The lowest BCUT2D eigenvalue weighted by Gasteiger charge is -2.33. The predicted octanol–water partition coefficient (Wildman–Crippen LogP) is 1.44. The molecule has 0 aromatic rings. The van der Waals surface area contributed by atoms with Crippen LogP contribution in [0, 0.1) is 11.8 Å². The molecule has 2 bridgehead atoms. The topological polar surface area (TPSA) is 46.6 Å². The first-order valence-electron chi connectivity index (χ1n) is 5.37. The Hall–Kier alpha value is -1.06. The molecule has 2 heterocycles. The first kappa shape index (κ1) is 10.5. The van der Waals surface area contributed by atoms with Crippen molar-refractivity contribution >= 4 is 12.4 Å². The summed E-state index contributed by atoms with van der Waals surface area (Å²) in [6.45, 7) is 6.23. The molecule has 0 aromatic heterocycles. The standard InChI is InChI=1S/C11H17NO3/c1-11(2,3)15-10(14)12-5-7-4-9(12)8(7)6-13/h6-9H,4-5H2,1-3H3/t7-,8+,9-/m0/s1. The number of fused-ring (bicyclic) bond motifs is 1. The van der Waals surface area contributed by atoms with Crippen LogP contribution in [-0.4, -0.2) is 35.5 Å². The van der Waals surface area contributed by atoms with Gasteiger partial charge in [0.05, 0.1) is 0 Å². The molecule has 4 heteroatoms. The van der Waals surface area contributed by atoms with Gasteiger partial charge in [0, 0.05) is 18.5 Å². The number of hydrogen-bond donors (Lipinski definition) is 0. The van der Waals surface area contributed by atoms with Gasteiger partial charge in [-0.15, -0.1) is 0 Å². The Labute approximate surface area is 89.6 Å². The highest BCUT2D eigenvalue weighted by Crippen LogP contribution is 2.45. The SMILES string of the molecule is CC(C)(C)OC(=O)N1C[C@@H]2C[C@H]1[C@@H]2C=O. The normalized spacial score (nSPS) is 33.5. The molecule has 2 saturated heterocycles. The lowest BCUT2D eigenvalue weighted by Crippen LogP contribution is -2.43. The van der Waals surface area contributed by atoms with Crippen LogP contribution >= 0.6 is 0 Å². The molecular weight excluding hydrogens is 194 g/mol. The second-order valence-corrected chi connectivity index (χ2v) is 5.41. The van der Waals surface area contributed by atoms with Gasteiger partial charge in [0.15, 0.2) is 0 Å². The Bertz CT molecular complexity index is 295. The summed E-state index contributed by atoms with van der Waals surface area (Å²) in [6.07, 6.45) is 1.66. The van der Waals surface area contributed by atoms with Gasteiger partial charge in [-0.3, -0.25) is 0 Å². The molecule has 1 amide bonds. The van der Waals surface area contributed by atoms with Crippen molar-refractivity contribution in [3.8, 4) is 0 Å². The summed E-state index contributed by atoms with van der Waals surface area (Å²) in [5.41, 5.74) is -0.458. The summed E-state index contributed by atoms with van der Waals surface area (Å²) in [5, 5.41) is 0. The van der Waals surface area contributed by atoms with Crippen molar-refractivity contribution in [1.82, 2.24) is 4.90 Å². The molecule has 3 aliphatic rings. The number of carbonyl (C=O) groups excluding carboxylic acids is 2. The largest absolute Gasteiger partial charge is 0.444 e. The van der Waals surface area contributed by atoms with Crippen molar-refractivity contribution in [2.24, 2.45) is 11.8 Å². The van der Waals surface area contributed by atoms with E-state index in [4.69, 9.17) is 4.74 Å². The van der Waals surface area contributed by atoms with Gasteiger partial charge < -0.3 is 14.4 Å². The van der Waals surface area contributed by atoms with E-state index in [2.05, 4.69) is 0 Å². The molecule has 0 aromatic carbocycles. The minimum atomic E-state index is -0.458. The predicted molar refractivity (Wildman–Crippen MR) is 54.4 cm³/mol. The number of carbonyl (C=O) groups is 2. The fraction of sp³-hybridized carbons (Fsp3) is 0.818. The smallest absolute Gasteiger partial charge is 0.410 e. The summed E-state index contributed by atoms with van der Waals surface area (Å²) >= 11 is 0. The van der Waals surface area contributed by atoms with Gasteiger partial charge in [0.25, 0.3) is 0 Å². The van der Waals surface area contributed by atoms with E-state index >= 15 is 0 Å². The van der Waals surface area contributed by atoms with Crippen LogP contribution < -0.4 is 0 Å². The van der Waals surface area contributed by atoms with Gasteiger partial charge in [-0.05, 0) is 33.1 Å². The fourth-order valence-electron chi connectivity index (χ4n) is 2.39. The van der Waals surface area contributed by atoms with Gasteiger partial charge in [-0.1, -0.05) is 0 Å². The Morgan fingerprint density at radius 3 is 2.60 bits per heavy atom. The summed E-state index contributed by atoms with van der Waals surface area (Å²) in [6, 6.07) is 0.0994. The molecule has 3 fully saturated rings. The molecule has 0 N–H and O–H groups in total. The maximum Gasteiger partial charge on any atom is 0.410 e. The highest BCUT2D eigenvalue weighted by Gasteiger charge is 2.54. The summed E-state index contributed by atoms with van der Waals surface area (Å²) in [4.78, 5) is 24.2. The number of rotatable bonds is 1. The lowest BCUT2D eigenvalue weighted by molar-refractivity contribution is -0.115. The Kier molecular flexibility index (Phi) is 2.24. The first-order valence-corrected chi connectivity index (χ1v) is 5.37. The van der Waals surface area contributed by atoms with Crippen molar-refractivity contribution < 1.29 is 14.3 Å². The zero-order valence-corrected chi connectivity index (χ0v) is 9.40. The summed E-state index contributed by atoms with van der Waals surface area (Å²) < 4.78 is 5.28. The molecule has 4 nitrogen and oxygen atoms in total. The van der Waals surface area contributed by atoms with Crippen molar-refractivity contribution in [2.45, 2.75) is 38.8 Å². The number of hydrogen-bond acceptors (Lipinski definition) is 3. The second-order valence-electron chi connectivity index (χ2n) is 5.41. The minimum absolute atomic E-state index is 0.0533. The Morgan fingerprint density at radius 1 is 1.47 bits per heavy atom. The molecule has 2 aliphatic heterocycles. The average molecular weight is 211 g/mol. The molecular formula is C11H17NO3. The van der Waals surface area contributed by atoms with Crippen LogP contribution in [0.3, 0.4) is 0 Å². The van der Waals surface area contributed by atoms with Crippen molar-refractivity contribution in [2.75, 3.05) is 6.54 Å². The van der Waals surface area contributed by atoms with E-state index in [1.807, 2.05) is 20.8 Å². The van der Waals surface area contributed by atoms with E-state index in [0.29, 0.717) is 12.5 Å². The second kappa shape index (κ2) is 3.22. The van der Waals surface area contributed by atoms with Gasteiger partial charge in [-0.25, -0.2) is 4.79 Å². The minimum Gasteiger partial charge on any atom is -0.444 e. The Balaban J connectivity index is 1.97. The van der Waals surface area contributed by atoms with Gasteiger partial charge in [0.1, 0.15) is 11.9 Å². The highest BCUT2D eigenvalue weighted by molar-refractivity contribution is 5.72. The van der Waals surface area contributed by atoms with Crippen molar-refractivity contribution in [3.05, 3.63) is 0 Å². The zero-order valence-electron chi connectivity index (χ0n) is 9.40. The third-order valence-electron chi connectivity index (χ3n) is 3.15. The third kappa shape index (κ3) is 1.73. The van der Waals surface area contributed by atoms with Crippen LogP contribution in [0.25, 0.3) is 0 Å². The van der Waals surface area contributed by atoms with E-state index in [9.17, 15) is 9.59 Å². The molecule has 3 atom stereocenters. The van der Waals surface area contributed by atoms with Crippen LogP contribution in [0.15, 0.2) is 0 Å². The molecule has 0 radical (unpaired) electrons. The van der Waals surface area contributed by atoms with E-state index in [1.54, 1.807) is 4.90 Å². The third-order valence-corrected chi connectivity index (χ3v) is 3.15. The van der Waals surface area contributed by atoms with Crippen LogP contribution in [0.2, 0.25) is 0 Å². The number of ether oxygens (including phenoxy) is 1. The number of aldehydes is 1. The molecule has 0 spiro atoms. The van der Waals surface area contributed by atoms with Crippen LogP contribution in [0.1, 0.15) is 27.2 Å². The molecule has 1 aliphatic carbocycles. The molecule has 15 heavy (non-hydrogen) atoms. The molecule has 0 unspecified atom stereocenters. The average Bonchev–Trinajstić information content (AvgIpc) is 2.56. The number of amides is 1. The van der Waals surface area contributed by atoms with Crippen LogP contribution in [0.4, 0.5) is 4.79 Å². The summed E-state index contributed by atoms with van der Waals surface area (Å²) in [7, 11) is 0. The van der Waals surface area contributed by atoms with Crippen LogP contribution in [-0.2, 0) is 9.53 Å². The first-order chi connectivity index (χ1) is 6.92. The number of nitrogens with zero attached hydrogens (tertiary/aromatic N) is 1. The summed E-state index contributed by atoms with van der Waals surface area (Å²) in [5.74, 6) is 0.428. The van der Waals surface area contributed by atoms with Crippen molar-refractivity contribution in [1.29, 1.82) is 0 Å². The fourth-order valence-corrected chi connectivity index (χ4v) is 2.39. The van der Waals surface area contributed by atoms with E-state index in [0.717, 1.165) is 12.7 Å². The van der Waals surface area contributed by atoms with Gasteiger partial charge in [-0.2, -0.15) is 0 Å². The maximum absolute atomic E-state index is 11.7. The molecule has 1 saturated carbocycles. The molecule has 3 rings (SSSR count). The van der Waals surface area contributed by atoms with E-state index in [-0.39, 0.29) is 18.1 Å².